The van der Waals surface area contributed by atoms with E-state index in [9.17, 15) is 0 Å². The van der Waals surface area contributed by atoms with Crippen molar-refractivity contribution in [1.82, 2.24) is 5.32 Å². The molecule has 1 fully saturated rings. The van der Waals surface area contributed by atoms with Crippen LogP contribution in [-0.2, 0) is 0 Å². The first kappa shape index (κ1) is 12.2. The quantitative estimate of drug-likeness (QED) is 0.710. The van der Waals surface area contributed by atoms with Crippen molar-refractivity contribution in [3.8, 4) is 0 Å². The zero-order chi connectivity index (χ0) is 11.4. The van der Waals surface area contributed by atoms with E-state index < -0.39 is 0 Å². The van der Waals surface area contributed by atoms with E-state index in [0.717, 1.165) is 17.9 Å². The minimum Gasteiger partial charge on any atom is -0.313 e. The fourth-order valence-electron chi connectivity index (χ4n) is 3.25. The lowest BCUT2D eigenvalue weighted by Crippen LogP contribution is -2.41. The Bertz CT molecular complexity index is 244. The summed E-state index contributed by atoms with van der Waals surface area (Å²) in [7, 11) is 0. The maximum Gasteiger partial charge on any atom is 0.00953 e. The molecule has 0 aliphatic heterocycles. The third kappa shape index (κ3) is 3.10. The van der Waals surface area contributed by atoms with E-state index in [1.54, 1.807) is 5.57 Å². The van der Waals surface area contributed by atoms with Gasteiger partial charge in [-0.1, -0.05) is 38.3 Å². The molecule has 1 heteroatoms. The second kappa shape index (κ2) is 5.86. The highest BCUT2D eigenvalue weighted by Gasteiger charge is 2.26. The first-order valence-corrected chi connectivity index (χ1v) is 7.18. The van der Waals surface area contributed by atoms with Gasteiger partial charge in [0, 0.05) is 6.04 Å². The van der Waals surface area contributed by atoms with Crippen molar-refractivity contribution >= 4 is 0 Å². The van der Waals surface area contributed by atoms with Gasteiger partial charge in [0.1, 0.15) is 0 Å². The largest absolute Gasteiger partial charge is 0.313 e. The number of nitrogens with one attached hydrogen (secondary N) is 1. The molecule has 1 saturated carbocycles. The van der Waals surface area contributed by atoms with Crippen LogP contribution in [0.2, 0.25) is 0 Å². The summed E-state index contributed by atoms with van der Waals surface area (Å²) in [6.07, 6.45) is 12.1. The second-order valence-electron chi connectivity index (χ2n) is 5.83. The lowest BCUT2D eigenvalue weighted by Gasteiger charge is -2.34. The van der Waals surface area contributed by atoms with Crippen molar-refractivity contribution in [3.05, 3.63) is 11.6 Å². The number of allylic oxidation sites excluding steroid dienone is 1. The van der Waals surface area contributed by atoms with Gasteiger partial charge in [0.25, 0.3) is 0 Å². The average molecular weight is 221 g/mol. The summed E-state index contributed by atoms with van der Waals surface area (Å²) in [5.41, 5.74) is 1.70. The first-order valence-electron chi connectivity index (χ1n) is 7.18. The van der Waals surface area contributed by atoms with Crippen LogP contribution in [0.3, 0.4) is 0 Å². The fraction of sp³-hybridized carbons (Fsp3) is 0.867. The average Bonchev–Trinajstić information content (AvgIpc) is 2.77. The molecular formula is C15H27N. The second-order valence-corrected chi connectivity index (χ2v) is 5.83. The summed E-state index contributed by atoms with van der Waals surface area (Å²) < 4.78 is 0. The molecule has 0 radical (unpaired) electrons. The molecule has 92 valence electrons. The van der Waals surface area contributed by atoms with Gasteiger partial charge in [0.05, 0.1) is 0 Å². The van der Waals surface area contributed by atoms with E-state index in [0.29, 0.717) is 0 Å². The van der Waals surface area contributed by atoms with Gasteiger partial charge in [-0.05, 0) is 50.5 Å². The molecule has 2 rings (SSSR count). The van der Waals surface area contributed by atoms with E-state index in [2.05, 4.69) is 25.2 Å². The Labute approximate surface area is 101 Å². The topological polar surface area (TPSA) is 12.0 Å². The lowest BCUT2D eigenvalue weighted by molar-refractivity contribution is 0.208. The molecule has 16 heavy (non-hydrogen) atoms. The highest BCUT2D eigenvalue weighted by molar-refractivity contribution is 5.07. The first-order chi connectivity index (χ1) is 7.77. The molecule has 0 aromatic carbocycles. The van der Waals surface area contributed by atoms with Crippen LogP contribution in [0.15, 0.2) is 11.6 Å². The maximum atomic E-state index is 3.79. The SMILES string of the molecule is CC1CCCC(NCCC2=CCCC2)C1C. The molecule has 0 aromatic rings. The van der Waals surface area contributed by atoms with Crippen LogP contribution in [0, 0.1) is 11.8 Å². The van der Waals surface area contributed by atoms with Gasteiger partial charge in [0.2, 0.25) is 0 Å². The Kier molecular flexibility index (Phi) is 4.45. The highest BCUT2D eigenvalue weighted by Crippen LogP contribution is 2.29. The van der Waals surface area contributed by atoms with E-state index in [-0.39, 0.29) is 0 Å². The molecule has 0 bridgehead atoms. The van der Waals surface area contributed by atoms with Crippen molar-refractivity contribution in [2.75, 3.05) is 6.54 Å². The van der Waals surface area contributed by atoms with Crippen molar-refractivity contribution in [2.24, 2.45) is 11.8 Å². The predicted octanol–water partition coefficient (Wildman–Crippen LogP) is 3.90. The lowest BCUT2D eigenvalue weighted by atomic mass is 9.78. The van der Waals surface area contributed by atoms with Crippen molar-refractivity contribution < 1.29 is 0 Å². The molecule has 0 heterocycles. The third-order valence-electron chi connectivity index (χ3n) is 4.69. The van der Waals surface area contributed by atoms with Gasteiger partial charge < -0.3 is 5.32 Å². The smallest absolute Gasteiger partial charge is 0.00953 e. The minimum atomic E-state index is 0.783. The van der Waals surface area contributed by atoms with Gasteiger partial charge in [-0.25, -0.2) is 0 Å². The van der Waals surface area contributed by atoms with Gasteiger partial charge in [0.15, 0.2) is 0 Å². The van der Waals surface area contributed by atoms with Crippen molar-refractivity contribution in [2.45, 2.75) is 64.8 Å². The zero-order valence-electron chi connectivity index (χ0n) is 11.0. The van der Waals surface area contributed by atoms with Gasteiger partial charge in [-0.3, -0.25) is 0 Å². The predicted molar refractivity (Wildman–Crippen MR) is 70.5 cm³/mol. The Morgan fingerprint density at radius 2 is 2.12 bits per heavy atom. The molecule has 1 nitrogen and oxygen atoms in total. The summed E-state index contributed by atoms with van der Waals surface area (Å²) in [6.45, 7) is 6.04. The summed E-state index contributed by atoms with van der Waals surface area (Å²) >= 11 is 0. The summed E-state index contributed by atoms with van der Waals surface area (Å²) in [5, 5.41) is 3.79. The molecule has 3 atom stereocenters. The maximum absolute atomic E-state index is 3.79. The molecule has 0 spiro atoms. The Morgan fingerprint density at radius 1 is 1.25 bits per heavy atom. The minimum absolute atomic E-state index is 0.783. The van der Waals surface area contributed by atoms with Crippen LogP contribution < -0.4 is 5.32 Å². The van der Waals surface area contributed by atoms with Crippen LogP contribution in [0.1, 0.15) is 58.8 Å². The van der Waals surface area contributed by atoms with Crippen LogP contribution in [0.4, 0.5) is 0 Å². The molecule has 2 aliphatic carbocycles. The van der Waals surface area contributed by atoms with Gasteiger partial charge >= 0.3 is 0 Å². The molecule has 1 N–H and O–H groups in total. The van der Waals surface area contributed by atoms with E-state index in [4.69, 9.17) is 0 Å². The zero-order valence-corrected chi connectivity index (χ0v) is 11.0. The molecule has 0 aromatic heterocycles. The van der Waals surface area contributed by atoms with Gasteiger partial charge in [-0.15, -0.1) is 0 Å². The van der Waals surface area contributed by atoms with Gasteiger partial charge in [-0.2, -0.15) is 0 Å². The normalized spacial score (nSPS) is 35.1. The Hall–Kier alpha value is -0.300. The fourth-order valence-corrected chi connectivity index (χ4v) is 3.25. The summed E-state index contributed by atoms with van der Waals surface area (Å²) in [6, 6.07) is 0.783. The van der Waals surface area contributed by atoms with E-state index in [1.165, 1.54) is 51.5 Å². The summed E-state index contributed by atoms with van der Waals surface area (Å²) in [4.78, 5) is 0. The van der Waals surface area contributed by atoms with Crippen LogP contribution in [-0.4, -0.2) is 12.6 Å². The van der Waals surface area contributed by atoms with Crippen LogP contribution >= 0.6 is 0 Å². The monoisotopic (exact) mass is 221 g/mol. The van der Waals surface area contributed by atoms with E-state index >= 15 is 0 Å². The number of hydrogen-bond donors (Lipinski definition) is 1. The molecule has 3 unspecified atom stereocenters. The Balaban J connectivity index is 1.68. The molecule has 0 amide bonds. The molecule has 2 aliphatic rings. The van der Waals surface area contributed by atoms with Crippen LogP contribution in [0.25, 0.3) is 0 Å². The number of hydrogen-bond acceptors (Lipinski definition) is 1. The molecular weight excluding hydrogens is 194 g/mol. The van der Waals surface area contributed by atoms with E-state index in [1.807, 2.05) is 0 Å². The standard InChI is InChI=1S/C15H27N/c1-12-6-5-9-15(13(12)2)16-11-10-14-7-3-4-8-14/h7,12-13,15-16H,3-6,8-11H2,1-2H3. The van der Waals surface area contributed by atoms with Crippen molar-refractivity contribution in [1.29, 1.82) is 0 Å². The van der Waals surface area contributed by atoms with Crippen LogP contribution in [0.5, 0.6) is 0 Å². The highest BCUT2D eigenvalue weighted by atomic mass is 14.9. The third-order valence-corrected chi connectivity index (χ3v) is 4.69. The molecule has 0 saturated heterocycles. The van der Waals surface area contributed by atoms with Crippen molar-refractivity contribution in [3.63, 3.8) is 0 Å². The number of rotatable bonds is 4. The Morgan fingerprint density at radius 3 is 2.88 bits per heavy atom. The summed E-state index contributed by atoms with van der Waals surface area (Å²) in [5.74, 6) is 1.78.